The van der Waals surface area contributed by atoms with E-state index in [1.54, 1.807) is 13.0 Å². The molecule has 0 radical (unpaired) electrons. The number of esters is 1. The van der Waals surface area contributed by atoms with Crippen LogP contribution in [0.25, 0.3) is 6.08 Å². The molecule has 7 heteroatoms. The van der Waals surface area contributed by atoms with E-state index in [4.69, 9.17) is 14.7 Å². The number of carbonyl (C=O) groups is 1. The van der Waals surface area contributed by atoms with Crippen molar-refractivity contribution in [3.05, 3.63) is 29.3 Å². The highest BCUT2D eigenvalue weighted by molar-refractivity contribution is 5.97. The molecule has 0 amide bonds. The molecule has 0 unspecified atom stereocenters. The predicted molar refractivity (Wildman–Crippen MR) is 69.8 cm³/mol. The molecule has 0 N–H and O–H groups in total. The molecule has 0 atom stereocenters. The van der Waals surface area contributed by atoms with Crippen molar-refractivity contribution in [2.24, 2.45) is 0 Å². The maximum absolute atomic E-state index is 12.3. The lowest BCUT2D eigenvalue weighted by Gasteiger charge is -2.10. The number of rotatable bonds is 6. The zero-order valence-electron chi connectivity index (χ0n) is 11.4. The van der Waals surface area contributed by atoms with Crippen LogP contribution in [-0.4, -0.2) is 26.3 Å². The number of hydrogen-bond acceptors (Lipinski definition) is 5. The average Bonchev–Trinajstić information content (AvgIpc) is 2.44. The van der Waals surface area contributed by atoms with E-state index in [1.807, 2.05) is 0 Å². The van der Waals surface area contributed by atoms with Crippen LogP contribution in [-0.2, 0) is 9.53 Å². The zero-order valence-corrected chi connectivity index (χ0v) is 11.4. The average molecular weight is 297 g/mol. The van der Waals surface area contributed by atoms with Crippen LogP contribution in [0.3, 0.4) is 0 Å². The molecule has 0 fully saturated rings. The normalized spacial score (nSPS) is 11.0. The van der Waals surface area contributed by atoms with E-state index in [0.717, 1.165) is 0 Å². The highest BCUT2D eigenvalue weighted by atomic mass is 19.3. The fraction of sp³-hybridized carbons (Fsp3) is 0.286. The van der Waals surface area contributed by atoms with E-state index >= 15 is 0 Å². The predicted octanol–water partition coefficient (Wildman–Crippen LogP) is 2.77. The van der Waals surface area contributed by atoms with Crippen molar-refractivity contribution in [3.8, 4) is 17.6 Å². The van der Waals surface area contributed by atoms with Gasteiger partial charge in [-0.3, -0.25) is 0 Å². The highest BCUT2D eigenvalue weighted by Crippen LogP contribution is 2.30. The van der Waals surface area contributed by atoms with Gasteiger partial charge in [0, 0.05) is 0 Å². The minimum atomic E-state index is -3.02. The molecule has 0 saturated heterocycles. The third-order valence-electron chi connectivity index (χ3n) is 2.33. The van der Waals surface area contributed by atoms with E-state index in [1.165, 1.54) is 31.4 Å². The van der Waals surface area contributed by atoms with Crippen molar-refractivity contribution in [2.45, 2.75) is 13.5 Å². The third kappa shape index (κ3) is 4.76. The smallest absolute Gasteiger partial charge is 0.387 e. The summed E-state index contributed by atoms with van der Waals surface area (Å²) in [4.78, 5) is 11.5. The number of methoxy groups -OCH3 is 1. The lowest BCUT2D eigenvalue weighted by Crippen LogP contribution is -2.06. The monoisotopic (exact) mass is 297 g/mol. The molecule has 0 saturated carbocycles. The molecule has 0 bridgehead atoms. The van der Waals surface area contributed by atoms with Gasteiger partial charge in [0.25, 0.3) is 0 Å². The highest BCUT2D eigenvalue weighted by Gasteiger charge is 2.13. The summed E-state index contributed by atoms with van der Waals surface area (Å²) >= 11 is 0. The van der Waals surface area contributed by atoms with Crippen molar-refractivity contribution in [2.75, 3.05) is 13.7 Å². The van der Waals surface area contributed by atoms with E-state index in [2.05, 4.69) is 4.74 Å². The summed E-state index contributed by atoms with van der Waals surface area (Å²) in [5.41, 5.74) is 0.0843. The molecular weight excluding hydrogens is 284 g/mol. The van der Waals surface area contributed by atoms with Crippen LogP contribution in [0, 0.1) is 11.3 Å². The Hall–Kier alpha value is -2.62. The summed E-state index contributed by atoms with van der Waals surface area (Å²) < 4.78 is 38.5. The van der Waals surface area contributed by atoms with Crippen LogP contribution < -0.4 is 9.47 Å². The molecule has 0 aliphatic carbocycles. The van der Waals surface area contributed by atoms with Gasteiger partial charge in [0.2, 0.25) is 0 Å². The number of ether oxygens (including phenoxy) is 3. The molecule has 0 spiro atoms. The van der Waals surface area contributed by atoms with E-state index in [9.17, 15) is 13.6 Å². The van der Waals surface area contributed by atoms with Crippen LogP contribution in [0.2, 0.25) is 0 Å². The van der Waals surface area contributed by atoms with Gasteiger partial charge in [-0.1, -0.05) is 6.07 Å². The number of benzene rings is 1. The van der Waals surface area contributed by atoms with Crippen molar-refractivity contribution < 1.29 is 27.8 Å². The second-order valence-electron chi connectivity index (χ2n) is 3.68. The summed E-state index contributed by atoms with van der Waals surface area (Å²) in [7, 11) is 1.31. The number of nitrogens with zero attached hydrogens (tertiary/aromatic N) is 1. The number of halogens is 2. The van der Waals surface area contributed by atoms with Gasteiger partial charge in [-0.05, 0) is 30.7 Å². The molecule has 0 aliphatic rings. The van der Waals surface area contributed by atoms with Crippen LogP contribution in [0.4, 0.5) is 8.78 Å². The van der Waals surface area contributed by atoms with E-state index in [-0.39, 0.29) is 23.7 Å². The van der Waals surface area contributed by atoms with E-state index in [0.29, 0.717) is 5.56 Å². The first kappa shape index (κ1) is 16.4. The van der Waals surface area contributed by atoms with Crippen molar-refractivity contribution in [1.82, 2.24) is 0 Å². The minimum Gasteiger partial charge on any atom is -0.493 e. The van der Waals surface area contributed by atoms with Gasteiger partial charge in [0.15, 0.2) is 11.5 Å². The maximum Gasteiger partial charge on any atom is 0.387 e. The van der Waals surface area contributed by atoms with Crippen molar-refractivity contribution >= 4 is 12.0 Å². The number of carbonyl (C=O) groups excluding carboxylic acids is 1. The first-order chi connectivity index (χ1) is 10.0. The molecule has 21 heavy (non-hydrogen) atoms. The zero-order chi connectivity index (χ0) is 15.8. The molecule has 5 nitrogen and oxygen atoms in total. The Bertz CT molecular complexity index is 579. The van der Waals surface area contributed by atoms with Gasteiger partial charge < -0.3 is 14.2 Å². The van der Waals surface area contributed by atoms with Gasteiger partial charge in [-0.2, -0.15) is 14.0 Å². The molecule has 0 heterocycles. The molecular formula is C14H13F2NO4. The number of hydrogen-bond donors (Lipinski definition) is 0. The summed E-state index contributed by atoms with van der Waals surface area (Å²) in [6, 6.07) is 5.81. The van der Waals surface area contributed by atoms with Crippen molar-refractivity contribution in [1.29, 1.82) is 5.26 Å². The lowest BCUT2D eigenvalue weighted by molar-refractivity contribution is -0.137. The number of alkyl halides is 2. The van der Waals surface area contributed by atoms with Crippen molar-refractivity contribution in [3.63, 3.8) is 0 Å². The lowest BCUT2D eigenvalue weighted by atomic mass is 10.1. The van der Waals surface area contributed by atoms with Crippen LogP contribution in [0.1, 0.15) is 12.5 Å². The Morgan fingerprint density at radius 3 is 2.67 bits per heavy atom. The second-order valence-corrected chi connectivity index (χ2v) is 3.68. The fourth-order valence-corrected chi connectivity index (χ4v) is 1.48. The first-order valence-corrected chi connectivity index (χ1v) is 5.93. The molecule has 0 aliphatic heterocycles. The fourth-order valence-electron chi connectivity index (χ4n) is 1.48. The van der Waals surface area contributed by atoms with E-state index < -0.39 is 12.6 Å². The maximum atomic E-state index is 12.3. The number of nitriles is 1. The minimum absolute atomic E-state index is 0.113. The van der Waals surface area contributed by atoms with Gasteiger partial charge in [-0.15, -0.1) is 0 Å². The Balaban J connectivity index is 3.13. The SMILES string of the molecule is CCOC(=O)/C(C#N)=C/c1ccc(OC)c(OC(F)F)c1. The van der Waals surface area contributed by atoms with Gasteiger partial charge in [0.05, 0.1) is 13.7 Å². The topological polar surface area (TPSA) is 68.6 Å². The third-order valence-corrected chi connectivity index (χ3v) is 2.33. The van der Waals surface area contributed by atoms with Gasteiger partial charge in [-0.25, -0.2) is 4.79 Å². The van der Waals surface area contributed by atoms with Gasteiger partial charge in [0.1, 0.15) is 11.6 Å². The van der Waals surface area contributed by atoms with Crippen LogP contribution in [0.15, 0.2) is 23.8 Å². The van der Waals surface area contributed by atoms with Crippen LogP contribution in [0.5, 0.6) is 11.5 Å². The van der Waals surface area contributed by atoms with Gasteiger partial charge >= 0.3 is 12.6 Å². The Morgan fingerprint density at radius 1 is 1.43 bits per heavy atom. The summed E-state index contributed by atoms with van der Waals surface area (Å²) in [5, 5.41) is 8.90. The van der Waals surface area contributed by atoms with Crippen LogP contribution >= 0.6 is 0 Å². The summed E-state index contributed by atoms with van der Waals surface area (Å²) in [5.74, 6) is -0.864. The molecule has 112 valence electrons. The Morgan fingerprint density at radius 2 is 2.14 bits per heavy atom. The summed E-state index contributed by atoms with van der Waals surface area (Å²) in [6.45, 7) is -1.28. The second kappa shape index (κ2) is 7.85. The molecule has 1 aromatic carbocycles. The largest absolute Gasteiger partial charge is 0.493 e. The summed E-state index contributed by atoms with van der Waals surface area (Å²) in [6.07, 6.45) is 1.22. The Labute approximate surface area is 120 Å². The quantitative estimate of drug-likeness (QED) is 0.459. The standard InChI is InChI=1S/C14H13F2NO4/c1-3-20-13(18)10(8-17)6-9-4-5-11(19-2)12(7-9)21-14(15)16/h4-7,14H,3H2,1-2H3/b10-6+. The molecule has 1 rings (SSSR count). The molecule has 0 aromatic heterocycles. The molecule has 1 aromatic rings. The first-order valence-electron chi connectivity index (χ1n) is 5.93. The Kier molecular flexibility index (Phi) is 6.14.